The van der Waals surface area contributed by atoms with Gasteiger partial charge in [0.1, 0.15) is 0 Å². The summed E-state index contributed by atoms with van der Waals surface area (Å²) in [6.07, 6.45) is 0. The van der Waals surface area contributed by atoms with Crippen molar-refractivity contribution in [1.82, 2.24) is 4.90 Å². The Balaban J connectivity index is 2.65. The van der Waals surface area contributed by atoms with E-state index < -0.39 is 0 Å². The van der Waals surface area contributed by atoms with Crippen LogP contribution in [-0.2, 0) is 9.59 Å². The Morgan fingerprint density at radius 1 is 1.35 bits per heavy atom. The molecule has 0 aliphatic rings. The van der Waals surface area contributed by atoms with Gasteiger partial charge in [-0.1, -0.05) is 35.8 Å². The number of rotatable bonds is 5. The molecule has 0 aromatic heterocycles. The monoisotopic (exact) mass is 340 g/mol. The summed E-state index contributed by atoms with van der Waals surface area (Å²) in [6.45, 7) is 8.17. The number of hydrogen-bond donors (Lipinski definition) is 1. The first-order valence-electron chi connectivity index (χ1n) is 6.61. The molecule has 0 unspecified atom stereocenters. The Bertz CT molecular complexity index is 501. The maximum atomic E-state index is 12.0. The zero-order valence-electron chi connectivity index (χ0n) is 12.4. The Morgan fingerprint density at radius 3 is 2.50 bits per heavy atom. The number of benzene rings is 1. The van der Waals surface area contributed by atoms with Gasteiger partial charge in [-0.15, -0.1) is 0 Å². The second kappa shape index (κ2) is 7.43. The minimum atomic E-state index is -0.184. The standard InChI is InChI=1S/C15H21BrN2O2/c1-10(2)8-18(12(4)19)9-15(20)17-13-6-5-11(3)14(16)7-13/h5-7,10H,8-9H2,1-4H3,(H,17,20). The number of halogens is 1. The summed E-state index contributed by atoms with van der Waals surface area (Å²) in [5, 5.41) is 2.81. The summed E-state index contributed by atoms with van der Waals surface area (Å²) in [5.74, 6) is 0.0655. The molecule has 0 saturated carbocycles. The van der Waals surface area contributed by atoms with Crippen LogP contribution in [0.1, 0.15) is 26.3 Å². The van der Waals surface area contributed by atoms with Crippen molar-refractivity contribution in [3.05, 3.63) is 28.2 Å². The van der Waals surface area contributed by atoms with Gasteiger partial charge in [-0.05, 0) is 30.5 Å². The molecule has 110 valence electrons. The van der Waals surface area contributed by atoms with Crippen LogP contribution in [0.3, 0.4) is 0 Å². The fourth-order valence-electron chi connectivity index (χ4n) is 1.79. The van der Waals surface area contributed by atoms with E-state index in [1.165, 1.54) is 6.92 Å². The van der Waals surface area contributed by atoms with Gasteiger partial charge in [-0.3, -0.25) is 9.59 Å². The number of nitrogens with zero attached hydrogens (tertiary/aromatic N) is 1. The number of aryl methyl sites for hydroxylation is 1. The molecule has 5 heteroatoms. The van der Waals surface area contributed by atoms with E-state index in [0.29, 0.717) is 12.5 Å². The first kappa shape index (κ1) is 16.7. The van der Waals surface area contributed by atoms with E-state index in [2.05, 4.69) is 21.2 Å². The molecule has 1 N–H and O–H groups in total. The largest absolute Gasteiger partial charge is 0.333 e. The van der Waals surface area contributed by atoms with Crippen LogP contribution in [0.25, 0.3) is 0 Å². The van der Waals surface area contributed by atoms with Crippen LogP contribution in [-0.4, -0.2) is 29.8 Å². The van der Waals surface area contributed by atoms with Gasteiger partial charge in [0.2, 0.25) is 11.8 Å². The summed E-state index contributed by atoms with van der Waals surface area (Å²) in [5.41, 5.74) is 1.83. The first-order valence-corrected chi connectivity index (χ1v) is 7.40. The predicted molar refractivity (Wildman–Crippen MR) is 84.6 cm³/mol. The molecule has 0 saturated heterocycles. The molecule has 0 aliphatic heterocycles. The molecule has 0 fully saturated rings. The van der Waals surface area contributed by atoms with Gasteiger partial charge in [-0.2, -0.15) is 0 Å². The third-order valence-corrected chi connectivity index (χ3v) is 3.68. The molecule has 2 amide bonds. The van der Waals surface area contributed by atoms with Crippen molar-refractivity contribution in [2.24, 2.45) is 5.92 Å². The van der Waals surface area contributed by atoms with Gasteiger partial charge in [-0.25, -0.2) is 0 Å². The summed E-state index contributed by atoms with van der Waals surface area (Å²) in [7, 11) is 0. The highest BCUT2D eigenvalue weighted by Gasteiger charge is 2.15. The average Bonchev–Trinajstić information content (AvgIpc) is 2.32. The lowest BCUT2D eigenvalue weighted by Crippen LogP contribution is -2.38. The van der Waals surface area contributed by atoms with E-state index in [9.17, 15) is 9.59 Å². The predicted octanol–water partition coefficient (Wildman–Crippen LogP) is 3.20. The van der Waals surface area contributed by atoms with Gasteiger partial charge in [0.15, 0.2) is 0 Å². The van der Waals surface area contributed by atoms with Crippen LogP contribution in [0.2, 0.25) is 0 Å². The number of nitrogens with one attached hydrogen (secondary N) is 1. The van der Waals surface area contributed by atoms with Crippen LogP contribution >= 0.6 is 15.9 Å². The van der Waals surface area contributed by atoms with Gasteiger partial charge < -0.3 is 10.2 Å². The molecular weight excluding hydrogens is 320 g/mol. The summed E-state index contributed by atoms with van der Waals surface area (Å²) in [6, 6.07) is 5.63. The van der Waals surface area contributed by atoms with Crippen LogP contribution in [0, 0.1) is 12.8 Å². The molecule has 1 rings (SSSR count). The molecular formula is C15H21BrN2O2. The maximum Gasteiger partial charge on any atom is 0.243 e. The van der Waals surface area contributed by atoms with Gasteiger partial charge in [0, 0.05) is 23.6 Å². The zero-order valence-corrected chi connectivity index (χ0v) is 14.0. The highest BCUT2D eigenvalue weighted by atomic mass is 79.9. The van der Waals surface area contributed by atoms with E-state index >= 15 is 0 Å². The second-order valence-electron chi connectivity index (χ2n) is 5.31. The number of amides is 2. The third kappa shape index (κ3) is 5.33. The van der Waals surface area contributed by atoms with Crippen molar-refractivity contribution in [2.75, 3.05) is 18.4 Å². The highest BCUT2D eigenvalue weighted by molar-refractivity contribution is 9.10. The Labute approximate surface area is 128 Å². The van der Waals surface area contributed by atoms with Crippen molar-refractivity contribution in [1.29, 1.82) is 0 Å². The van der Waals surface area contributed by atoms with Crippen LogP contribution < -0.4 is 5.32 Å². The topological polar surface area (TPSA) is 49.4 Å². The Kier molecular flexibility index (Phi) is 6.20. The molecule has 0 heterocycles. The van der Waals surface area contributed by atoms with Crippen LogP contribution in [0.4, 0.5) is 5.69 Å². The number of hydrogen-bond acceptors (Lipinski definition) is 2. The van der Waals surface area contributed by atoms with Crippen molar-refractivity contribution < 1.29 is 9.59 Å². The fourth-order valence-corrected chi connectivity index (χ4v) is 2.17. The average molecular weight is 341 g/mol. The number of anilines is 1. The molecule has 0 spiro atoms. The lowest BCUT2D eigenvalue weighted by atomic mass is 10.2. The Morgan fingerprint density at radius 2 is 2.00 bits per heavy atom. The molecule has 0 radical (unpaired) electrons. The van der Waals surface area contributed by atoms with Gasteiger partial charge in [0.05, 0.1) is 6.54 Å². The van der Waals surface area contributed by atoms with E-state index in [0.717, 1.165) is 15.7 Å². The SMILES string of the molecule is CC(=O)N(CC(=O)Nc1ccc(C)c(Br)c1)CC(C)C. The lowest BCUT2D eigenvalue weighted by molar-refractivity contribution is -0.133. The van der Waals surface area contributed by atoms with E-state index in [1.54, 1.807) is 4.90 Å². The van der Waals surface area contributed by atoms with Crippen molar-refractivity contribution >= 4 is 33.4 Å². The second-order valence-corrected chi connectivity index (χ2v) is 6.16. The fraction of sp³-hybridized carbons (Fsp3) is 0.467. The van der Waals surface area contributed by atoms with Crippen molar-refractivity contribution in [3.63, 3.8) is 0 Å². The molecule has 0 bridgehead atoms. The van der Waals surface area contributed by atoms with Crippen molar-refractivity contribution in [3.8, 4) is 0 Å². The third-order valence-electron chi connectivity index (χ3n) is 2.82. The van der Waals surface area contributed by atoms with Crippen molar-refractivity contribution in [2.45, 2.75) is 27.7 Å². The quantitative estimate of drug-likeness (QED) is 0.894. The summed E-state index contributed by atoms with van der Waals surface area (Å²) < 4.78 is 0.945. The number of carbonyl (C=O) groups excluding carboxylic acids is 2. The van der Waals surface area contributed by atoms with Gasteiger partial charge >= 0.3 is 0 Å². The Hall–Kier alpha value is -1.36. The first-order chi connectivity index (χ1) is 9.29. The minimum absolute atomic E-state index is 0.0824. The molecule has 4 nitrogen and oxygen atoms in total. The smallest absolute Gasteiger partial charge is 0.243 e. The minimum Gasteiger partial charge on any atom is -0.333 e. The number of carbonyl (C=O) groups is 2. The van der Waals surface area contributed by atoms with E-state index in [-0.39, 0.29) is 18.4 Å². The summed E-state index contributed by atoms with van der Waals surface area (Å²) >= 11 is 3.43. The highest BCUT2D eigenvalue weighted by Crippen LogP contribution is 2.20. The molecule has 20 heavy (non-hydrogen) atoms. The summed E-state index contributed by atoms with van der Waals surface area (Å²) in [4.78, 5) is 25.0. The van der Waals surface area contributed by atoms with Crippen LogP contribution in [0.5, 0.6) is 0 Å². The zero-order chi connectivity index (χ0) is 15.3. The lowest BCUT2D eigenvalue weighted by Gasteiger charge is -2.22. The normalized spacial score (nSPS) is 10.5. The molecule has 1 aromatic carbocycles. The molecule has 0 aliphatic carbocycles. The molecule has 0 atom stereocenters. The van der Waals surface area contributed by atoms with Crippen LogP contribution in [0.15, 0.2) is 22.7 Å². The van der Waals surface area contributed by atoms with E-state index in [4.69, 9.17) is 0 Å². The molecule has 1 aromatic rings. The van der Waals surface area contributed by atoms with Gasteiger partial charge in [0.25, 0.3) is 0 Å². The van der Waals surface area contributed by atoms with E-state index in [1.807, 2.05) is 39.0 Å². The maximum absolute atomic E-state index is 12.0.